The van der Waals surface area contributed by atoms with E-state index in [1.165, 1.54) is 47.2 Å². The van der Waals surface area contributed by atoms with Gasteiger partial charge in [0.05, 0.1) is 22.4 Å². The van der Waals surface area contributed by atoms with Crippen molar-refractivity contribution in [3.8, 4) is 5.69 Å². The van der Waals surface area contributed by atoms with Crippen LogP contribution in [-0.4, -0.2) is 4.57 Å². The summed E-state index contributed by atoms with van der Waals surface area (Å²) >= 11 is 1.86. The first-order chi connectivity index (χ1) is 24.8. The van der Waals surface area contributed by atoms with Crippen molar-refractivity contribution in [3.05, 3.63) is 170 Å². The van der Waals surface area contributed by atoms with E-state index in [1.54, 1.807) is 0 Å². The lowest BCUT2D eigenvalue weighted by molar-refractivity contribution is 0.669. The molecule has 3 aromatic heterocycles. The molecule has 0 amide bonds. The standard InChI is InChI=1S/C46H28N2OS/c1-2-14-30(15-3-1)47-38-21-9-6-17-33(38)34-26-25-31(28-40(34)47)48(39-22-12-20-36-35-18-7-10-23-41(35)49-46(36)39)45-32-16-5-4-13-29(32)27-43-44(45)37-19-8-11-24-42(37)50-43/h1-28H. The SMILES string of the molecule is c1ccc(-n2c3ccccc3c3ccc(N(c4cccc5c4oc4ccccc45)c4c5ccccc5cc5sc6ccccc6c45)cc32)cc1. The van der Waals surface area contributed by atoms with Gasteiger partial charge < -0.3 is 13.9 Å². The fourth-order valence-corrected chi connectivity index (χ4v) is 9.17. The molecule has 0 fully saturated rings. The van der Waals surface area contributed by atoms with Crippen molar-refractivity contribution in [1.82, 2.24) is 4.57 Å². The molecule has 0 atom stereocenters. The van der Waals surface area contributed by atoms with E-state index in [9.17, 15) is 0 Å². The Labute approximate surface area is 291 Å². The Morgan fingerprint density at radius 2 is 1.18 bits per heavy atom. The first-order valence-electron chi connectivity index (χ1n) is 16.9. The summed E-state index contributed by atoms with van der Waals surface area (Å²) < 4.78 is 11.7. The minimum atomic E-state index is 0.873. The zero-order valence-corrected chi connectivity index (χ0v) is 27.7. The van der Waals surface area contributed by atoms with Crippen LogP contribution in [0.25, 0.3) is 80.4 Å². The third-order valence-corrected chi connectivity index (χ3v) is 11.3. The van der Waals surface area contributed by atoms with Crippen molar-refractivity contribution in [2.45, 2.75) is 0 Å². The molecule has 0 radical (unpaired) electrons. The molecule has 0 aliphatic carbocycles. The monoisotopic (exact) mass is 656 g/mol. The summed E-state index contributed by atoms with van der Waals surface area (Å²) in [6.45, 7) is 0. The molecule has 0 N–H and O–H groups in total. The number of benzene rings is 8. The second kappa shape index (κ2) is 10.6. The molecule has 0 spiro atoms. The van der Waals surface area contributed by atoms with Crippen LogP contribution in [0.1, 0.15) is 0 Å². The minimum Gasteiger partial charge on any atom is -0.454 e. The Kier molecular flexibility index (Phi) is 5.83. The third-order valence-electron chi connectivity index (χ3n) is 10.1. The van der Waals surface area contributed by atoms with Gasteiger partial charge in [-0.25, -0.2) is 0 Å². The van der Waals surface area contributed by atoms with Gasteiger partial charge in [-0.3, -0.25) is 0 Å². The molecule has 0 saturated heterocycles. The molecule has 0 saturated carbocycles. The van der Waals surface area contributed by atoms with Crippen LogP contribution in [0.4, 0.5) is 17.1 Å². The summed E-state index contributed by atoms with van der Waals surface area (Å²) in [5.41, 5.74) is 8.48. The van der Waals surface area contributed by atoms with Gasteiger partial charge in [0.2, 0.25) is 0 Å². The Balaban J connectivity index is 1.32. The molecule has 0 aliphatic rings. The van der Waals surface area contributed by atoms with E-state index in [1.807, 2.05) is 17.4 Å². The lowest BCUT2D eigenvalue weighted by Crippen LogP contribution is -2.11. The van der Waals surface area contributed by atoms with Crippen molar-refractivity contribution >= 4 is 103 Å². The molecule has 3 nitrogen and oxygen atoms in total. The number of thiophene rings is 1. The Bertz CT molecular complexity index is 3110. The highest BCUT2D eigenvalue weighted by Gasteiger charge is 2.26. The predicted octanol–water partition coefficient (Wildman–Crippen LogP) is 13.7. The molecule has 11 rings (SSSR count). The van der Waals surface area contributed by atoms with Crippen LogP contribution in [0, 0.1) is 0 Å². The van der Waals surface area contributed by atoms with Gasteiger partial charge in [0.15, 0.2) is 5.58 Å². The molecule has 8 aromatic carbocycles. The van der Waals surface area contributed by atoms with Crippen molar-refractivity contribution in [2.24, 2.45) is 0 Å². The fourth-order valence-electron chi connectivity index (χ4n) is 8.01. The van der Waals surface area contributed by atoms with Crippen molar-refractivity contribution in [2.75, 3.05) is 4.90 Å². The van der Waals surface area contributed by atoms with Gasteiger partial charge in [-0.1, -0.05) is 115 Å². The third kappa shape index (κ3) is 3.91. The molecule has 0 aliphatic heterocycles. The van der Waals surface area contributed by atoms with E-state index in [2.05, 4.69) is 173 Å². The largest absolute Gasteiger partial charge is 0.454 e. The van der Waals surface area contributed by atoms with Crippen LogP contribution >= 0.6 is 11.3 Å². The second-order valence-corrected chi connectivity index (χ2v) is 14.0. The smallest absolute Gasteiger partial charge is 0.159 e. The molecule has 50 heavy (non-hydrogen) atoms. The van der Waals surface area contributed by atoms with E-state index in [0.717, 1.165) is 50.2 Å². The highest BCUT2D eigenvalue weighted by atomic mass is 32.1. The first-order valence-corrected chi connectivity index (χ1v) is 17.8. The van der Waals surface area contributed by atoms with E-state index < -0.39 is 0 Å². The van der Waals surface area contributed by atoms with E-state index >= 15 is 0 Å². The number of hydrogen-bond acceptors (Lipinski definition) is 3. The maximum Gasteiger partial charge on any atom is 0.159 e. The lowest BCUT2D eigenvalue weighted by atomic mass is 10.0. The van der Waals surface area contributed by atoms with Crippen molar-refractivity contribution < 1.29 is 4.42 Å². The maximum absolute atomic E-state index is 6.78. The molecule has 0 bridgehead atoms. The van der Waals surface area contributed by atoms with E-state index in [4.69, 9.17) is 4.42 Å². The Hall–Kier alpha value is -6.36. The van der Waals surface area contributed by atoms with Gasteiger partial charge in [0.25, 0.3) is 0 Å². The quantitative estimate of drug-likeness (QED) is 0.188. The normalized spacial score (nSPS) is 12.0. The molecule has 234 valence electrons. The number of aromatic nitrogens is 1. The summed E-state index contributed by atoms with van der Waals surface area (Å²) in [6.07, 6.45) is 0. The topological polar surface area (TPSA) is 21.3 Å². The van der Waals surface area contributed by atoms with Gasteiger partial charge in [-0.2, -0.15) is 0 Å². The van der Waals surface area contributed by atoms with Crippen LogP contribution < -0.4 is 4.90 Å². The number of rotatable bonds is 4. The molecule has 4 heteroatoms. The summed E-state index contributed by atoms with van der Waals surface area (Å²) in [5, 5.41) is 9.60. The lowest BCUT2D eigenvalue weighted by Gasteiger charge is -2.28. The Morgan fingerprint density at radius 3 is 2.08 bits per heavy atom. The van der Waals surface area contributed by atoms with Crippen LogP contribution in [-0.2, 0) is 0 Å². The van der Waals surface area contributed by atoms with Crippen LogP contribution in [0.3, 0.4) is 0 Å². The summed E-state index contributed by atoms with van der Waals surface area (Å²) in [5.74, 6) is 0. The van der Waals surface area contributed by atoms with Crippen molar-refractivity contribution in [1.29, 1.82) is 0 Å². The number of nitrogens with zero attached hydrogens (tertiary/aromatic N) is 2. The van der Waals surface area contributed by atoms with Gasteiger partial charge in [0.1, 0.15) is 5.58 Å². The first kappa shape index (κ1) is 27.6. The summed E-state index contributed by atoms with van der Waals surface area (Å²) in [4.78, 5) is 2.46. The second-order valence-electron chi connectivity index (χ2n) is 12.9. The van der Waals surface area contributed by atoms with E-state index in [0.29, 0.717) is 0 Å². The summed E-state index contributed by atoms with van der Waals surface area (Å²) in [6, 6.07) is 61.2. The summed E-state index contributed by atoms with van der Waals surface area (Å²) in [7, 11) is 0. The fraction of sp³-hybridized carbons (Fsp3) is 0. The van der Waals surface area contributed by atoms with Crippen LogP contribution in [0.5, 0.6) is 0 Å². The molecular formula is C46H28N2OS. The number of fused-ring (bicyclic) bond motifs is 10. The number of para-hydroxylation sites is 4. The van der Waals surface area contributed by atoms with Crippen LogP contribution in [0.2, 0.25) is 0 Å². The highest BCUT2D eigenvalue weighted by Crippen LogP contribution is 2.51. The van der Waals surface area contributed by atoms with E-state index in [-0.39, 0.29) is 0 Å². The molecule has 11 aromatic rings. The number of anilines is 3. The number of hydrogen-bond donors (Lipinski definition) is 0. The Morgan fingerprint density at radius 1 is 0.480 bits per heavy atom. The van der Waals surface area contributed by atoms with Gasteiger partial charge >= 0.3 is 0 Å². The molecule has 3 heterocycles. The zero-order chi connectivity index (χ0) is 32.8. The van der Waals surface area contributed by atoms with Gasteiger partial charge in [0, 0.05) is 58.5 Å². The highest BCUT2D eigenvalue weighted by molar-refractivity contribution is 7.26. The van der Waals surface area contributed by atoms with Crippen molar-refractivity contribution in [3.63, 3.8) is 0 Å². The maximum atomic E-state index is 6.78. The average Bonchev–Trinajstić information content (AvgIpc) is 3.84. The zero-order valence-electron chi connectivity index (χ0n) is 26.9. The molecule has 0 unspecified atom stereocenters. The predicted molar refractivity (Wildman–Crippen MR) is 213 cm³/mol. The minimum absolute atomic E-state index is 0.873. The average molecular weight is 657 g/mol. The van der Waals surface area contributed by atoms with Crippen LogP contribution in [0.15, 0.2) is 174 Å². The number of furan rings is 1. The molecular weight excluding hydrogens is 629 g/mol. The van der Waals surface area contributed by atoms with Gasteiger partial charge in [-0.15, -0.1) is 11.3 Å². The van der Waals surface area contributed by atoms with Gasteiger partial charge in [-0.05, 0) is 60.0 Å².